The second-order valence-electron chi connectivity index (χ2n) is 17.1. The minimum absolute atomic E-state index is 0.0198. The molecule has 0 amide bonds. The van der Waals surface area contributed by atoms with Gasteiger partial charge in [0, 0.05) is 20.9 Å². The van der Waals surface area contributed by atoms with Crippen molar-refractivity contribution >= 4 is 69.7 Å². The van der Waals surface area contributed by atoms with Crippen LogP contribution in [0.4, 0.5) is 0 Å². The molecular weight excluding hydrogens is 757 g/mol. The summed E-state index contributed by atoms with van der Waals surface area (Å²) in [4.78, 5) is 5.26. The Balaban J connectivity index is 0.880. The maximum atomic E-state index is 5.26. The van der Waals surface area contributed by atoms with Gasteiger partial charge in [0.05, 0.1) is 21.4 Å². The molecule has 0 N–H and O–H groups in total. The molecule has 61 heavy (non-hydrogen) atoms. The second kappa shape index (κ2) is 12.8. The molecule has 3 heterocycles. The molecule has 0 radical (unpaired) electrons. The number of imidazole rings is 1. The Hall–Kier alpha value is -7.33. The van der Waals surface area contributed by atoms with E-state index in [1.807, 2.05) is 11.3 Å². The van der Waals surface area contributed by atoms with Crippen LogP contribution in [-0.2, 0) is 5.41 Å². The van der Waals surface area contributed by atoms with E-state index in [-0.39, 0.29) is 5.41 Å². The van der Waals surface area contributed by atoms with Gasteiger partial charge in [0.25, 0.3) is 0 Å². The highest BCUT2D eigenvalue weighted by Crippen LogP contribution is 2.50. The summed E-state index contributed by atoms with van der Waals surface area (Å²) < 4.78 is 4.91. The van der Waals surface area contributed by atoms with Crippen LogP contribution in [0.25, 0.3) is 114 Å². The number of aromatic nitrogens is 2. The Kier molecular flexibility index (Phi) is 7.26. The summed E-state index contributed by atoms with van der Waals surface area (Å²) >= 11 is 1.86. The standard InChI is InChI=1S/C58H38N2S/c1-58(2)50-16-8-7-15-46(50)47-29-28-40(33-51(47)58)35-19-21-37(22-20-35)41-31-32-42(45-14-6-5-13-44(41)45)38-23-25-39(26-24-38)54-34-49-48-30-27-36-11-3-4-12-43(36)55(48)61-56(49)57-59-52-17-9-10-18-53(52)60(54)57/h3-34H,1-2H3. The zero-order chi connectivity index (χ0) is 40.4. The van der Waals surface area contributed by atoms with Crippen molar-refractivity contribution in [1.82, 2.24) is 9.38 Å². The van der Waals surface area contributed by atoms with Crippen molar-refractivity contribution in [3.8, 4) is 55.8 Å². The van der Waals surface area contributed by atoms with Crippen molar-refractivity contribution in [3.63, 3.8) is 0 Å². The van der Waals surface area contributed by atoms with Crippen molar-refractivity contribution in [1.29, 1.82) is 0 Å². The number of para-hydroxylation sites is 2. The van der Waals surface area contributed by atoms with Crippen LogP contribution in [0.15, 0.2) is 194 Å². The van der Waals surface area contributed by atoms with Gasteiger partial charge in [0.1, 0.15) is 0 Å². The van der Waals surface area contributed by atoms with Gasteiger partial charge in [-0.05, 0) is 107 Å². The monoisotopic (exact) mass is 794 g/mol. The topological polar surface area (TPSA) is 17.3 Å². The van der Waals surface area contributed by atoms with Crippen molar-refractivity contribution in [2.24, 2.45) is 0 Å². The van der Waals surface area contributed by atoms with E-state index >= 15 is 0 Å². The summed E-state index contributed by atoms with van der Waals surface area (Å²) in [6, 6.07) is 71.8. The normalized spacial score (nSPS) is 13.2. The van der Waals surface area contributed by atoms with E-state index < -0.39 is 0 Å². The largest absolute Gasteiger partial charge is 0.291 e. The van der Waals surface area contributed by atoms with Crippen LogP contribution in [0, 0.1) is 0 Å². The molecule has 0 unspecified atom stereocenters. The number of nitrogens with zero attached hydrogens (tertiary/aromatic N) is 2. The first-order chi connectivity index (χ1) is 30.0. The van der Waals surface area contributed by atoms with Crippen LogP contribution < -0.4 is 0 Å². The number of pyridine rings is 1. The summed E-state index contributed by atoms with van der Waals surface area (Å²) in [5, 5.41) is 7.60. The van der Waals surface area contributed by atoms with Crippen molar-refractivity contribution in [2.75, 3.05) is 0 Å². The van der Waals surface area contributed by atoms with Gasteiger partial charge in [0.2, 0.25) is 0 Å². The predicted octanol–water partition coefficient (Wildman–Crippen LogP) is 16.1. The highest BCUT2D eigenvalue weighted by atomic mass is 32.1. The van der Waals surface area contributed by atoms with Gasteiger partial charge in [-0.15, -0.1) is 11.3 Å². The van der Waals surface area contributed by atoms with Crippen LogP contribution >= 0.6 is 11.3 Å². The quantitative estimate of drug-likeness (QED) is 0.173. The summed E-state index contributed by atoms with van der Waals surface area (Å²) in [5.41, 5.74) is 18.3. The summed E-state index contributed by atoms with van der Waals surface area (Å²) in [5.74, 6) is 0. The second-order valence-corrected chi connectivity index (χ2v) is 18.1. The zero-order valence-electron chi connectivity index (χ0n) is 33.8. The molecule has 13 rings (SSSR count). The van der Waals surface area contributed by atoms with Gasteiger partial charge >= 0.3 is 0 Å². The van der Waals surface area contributed by atoms with E-state index in [0.717, 1.165) is 27.9 Å². The SMILES string of the molecule is CC1(C)c2ccccc2-c2ccc(-c3ccc(-c4ccc(-c5ccc(-c6cc7c8ccc9ccccc9c8sc7c7nc8ccccc8n67)cc5)c5ccccc45)cc3)cc21. The van der Waals surface area contributed by atoms with Crippen LogP contribution in [0.5, 0.6) is 0 Å². The highest BCUT2D eigenvalue weighted by molar-refractivity contribution is 7.27. The molecule has 1 aliphatic rings. The van der Waals surface area contributed by atoms with Gasteiger partial charge in [-0.3, -0.25) is 4.40 Å². The third-order valence-corrected chi connectivity index (χ3v) is 14.7. The maximum absolute atomic E-state index is 5.26. The van der Waals surface area contributed by atoms with Crippen LogP contribution in [0.3, 0.4) is 0 Å². The molecule has 9 aromatic carbocycles. The lowest BCUT2D eigenvalue weighted by molar-refractivity contribution is 0.660. The minimum Gasteiger partial charge on any atom is -0.291 e. The zero-order valence-corrected chi connectivity index (χ0v) is 34.6. The van der Waals surface area contributed by atoms with Crippen molar-refractivity contribution in [3.05, 3.63) is 205 Å². The maximum Gasteiger partial charge on any atom is 0.156 e. The molecule has 3 aromatic heterocycles. The molecule has 2 nitrogen and oxygen atoms in total. The fraction of sp³-hybridized carbons (Fsp3) is 0.0517. The van der Waals surface area contributed by atoms with Crippen molar-refractivity contribution in [2.45, 2.75) is 19.3 Å². The molecule has 0 saturated heterocycles. The highest BCUT2D eigenvalue weighted by Gasteiger charge is 2.35. The fourth-order valence-corrected chi connectivity index (χ4v) is 11.6. The Bertz CT molecular complexity index is 3770. The van der Waals surface area contributed by atoms with Crippen molar-refractivity contribution < 1.29 is 0 Å². The van der Waals surface area contributed by atoms with E-state index in [1.54, 1.807) is 0 Å². The lowest BCUT2D eigenvalue weighted by Gasteiger charge is -2.22. The van der Waals surface area contributed by atoms with Gasteiger partial charge in [-0.2, -0.15) is 0 Å². The molecule has 0 spiro atoms. The average Bonchev–Trinajstić information content (AvgIpc) is 3.97. The van der Waals surface area contributed by atoms with E-state index in [2.05, 4.69) is 212 Å². The lowest BCUT2D eigenvalue weighted by Crippen LogP contribution is -2.14. The summed E-state index contributed by atoms with van der Waals surface area (Å²) in [6.45, 7) is 4.70. The minimum atomic E-state index is -0.0198. The van der Waals surface area contributed by atoms with E-state index in [9.17, 15) is 0 Å². The molecule has 0 aliphatic heterocycles. The Morgan fingerprint density at radius 2 is 1.00 bits per heavy atom. The number of thiophene rings is 1. The average molecular weight is 795 g/mol. The number of benzene rings is 9. The number of fused-ring (bicyclic) bond motifs is 13. The van der Waals surface area contributed by atoms with Gasteiger partial charge < -0.3 is 0 Å². The smallest absolute Gasteiger partial charge is 0.156 e. The molecule has 0 atom stereocenters. The number of rotatable bonds is 4. The Morgan fingerprint density at radius 1 is 0.410 bits per heavy atom. The third-order valence-electron chi connectivity index (χ3n) is 13.4. The van der Waals surface area contributed by atoms with Gasteiger partial charge in [-0.1, -0.05) is 184 Å². The molecule has 0 fully saturated rings. The first-order valence-electron chi connectivity index (χ1n) is 21.1. The van der Waals surface area contributed by atoms with E-state index in [0.29, 0.717) is 0 Å². The molecule has 0 saturated carbocycles. The molecule has 0 bridgehead atoms. The van der Waals surface area contributed by atoms with Crippen LogP contribution in [-0.4, -0.2) is 9.38 Å². The van der Waals surface area contributed by atoms with Gasteiger partial charge in [-0.25, -0.2) is 4.98 Å². The summed E-state index contributed by atoms with van der Waals surface area (Å²) in [7, 11) is 0. The van der Waals surface area contributed by atoms with Crippen LogP contribution in [0.1, 0.15) is 25.0 Å². The third kappa shape index (κ3) is 5.05. The van der Waals surface area contributed by atoms with E-state index in [4.69, 9.17) is 4.98 Å². The fourth-order valence-electron chi connectivity index (χ4n) is 10.3. The molecular formula is C58H38N2S. The van der Waals surface area contributed by atoms with Gasteiger partial charge in [0.15, 0.2) is 5.65 Å². The molecule has 286 valence electrons. The number of hydrogen-bond donors (Lipinski definition) is 0. The summed E-state index contributed by atoms with van der Waals surface area (Å²) in [6.07, 6.45) is 0. The Labute approximate surface area is 357 Å². The molecule has 3 heteroatoms. The molecule has 1 aliphatic carbocycles. The number of hydrogen-bond acceptors (Lipinski definition) is 2. The first-order valence-corrected chi connectivity index (χ1v) is 21.9. The molecule has 12 aromatic rings. The van der Waals surface area contributed by atoms with Crippen LogP contribution in [0.2, 0.25) is 0 Å². The Morgan fingerprint density at radius 3 is 1.77 bits per heavy atom. The lowest BCUT2D eigenvalue weighted by atomic mass is 9.81. The first kappa shape index (κ1) is 34.5. The predicted molar refractivity (Wildman–Crippen MR) is 260 cm³/mol. The van der Waals surface area contributed by atoms with E-state index in [1.165, 1.54) is 97.4 Å².